The van der Waals surface area contributed by atoms with Gasteiger partial charge in [-0.15, -0.1) is 0 Å². The summed E-state index contributed by atoms with van der Waals surface area (Å²) < 4.78 is 16.3. The molecular weight excluding hydrogens is 367 g/mol. The van der Waals surface area contributed by atoms with Crippen LogP contribution in [0.15, 0.2) is 18.2 Å². The molecule has 2 atom stereocenters. The van der Waals surface area contributed by atoms with Gasteiger partial charge in [0.1, 0.15) is 6.10 Å². The summed E-state index contributed by atoms with van der Waals surface area (Å²) in [4.78, 5) is 25.1. The molecule has 0 heterocycles. The monoisotopic (exact) mass is 388 g/mol. The van der Waals surface area contributed by atoms with E-state index in [0.717, 1.165) is 12.8 Å². The molecule has 0 radical (unpaired) electrons. The van der Waals surface area contributed by atoms with E-state index in [1.807, 2.05) is 0 Å². The van der Waals surface area contributed by atoms with Gasteiger partial charge in [0.2, 0.25) is 5.60 Å². The summed E-state index contributed by atoms with van der Waals surface area (Å²) in [5.41, 5.74) is -0.951. The van der Waals surface area contributed by atoms with Crippen LogP contribution in [0.5, 0.6) is 0 Å². The molecule has 0 aromatic heterocycles. The molecule has 0 aliphatic heterocycles. The van der Waals surface area contributed by atoms with Crippen molar-refractivity contribution in [1.29, 1.82) is 0 Å². The Morgan fingerprint density at radius 2 is 1.92 bits per heavy atom. The summed E-state index contributed by atoms with van der Waals surface area (Å²) in [7, 11) is 1.50. The van der Waals surface area contributed by atoms with Crippen molar-refractivity contribution in [2.75, 3.05) is 13.7 Å². The molecule has 1 aromatic rings. The second-order valence-corrected chi connectivity index (χ2v) is 6.75. The molecule has 7 heteroatoms. The Labute approximate surface area is 157 Å². The lowest BCUT2D eigenvalue weighted by molar-refractivity contribution is -0.204. The smallest absolute Gasteiger partial charge is 0.353 e. The first-order valence-electron chi connectivity index (χ1n) is 8.29. The molecule has 25 heavy (non-hydrogen) atoms. The molecule has 5 nitrogen and oxygen atoms in total. The first-order chi connectivity index (χ1) is 11.9. The Morgan fingerprint density at radius 1 is 1.24 bits per heavy atom. The summed E-state index contributed by atoms with van der Waals surface area (Å²) in [5.74, 6) is -1.16. The third-order valence-electron chi connectivity index (χ3n) is 4.37. The van der Waals surface area contributed by atoms with Gasteiger partial charge in [0.15, 0.2) is 0 Å². The van der Waals surface area contributed by atoms with Crippen LogP contribution in [0.2, 0.25) is 10.0 Å². The predicted molar refractivity (Wildman–Crippen MR) is 94.9 cm³/mol. The average Bonchev–Trinajstić information content (AvgIpc) is 2.59. The van der Waals surface area contributed by atoms with Crippen LogP contribution in [-0.2, 0) is 30.2 Å². The SMILES string of the molecule is CCOC(=O)C1(OC(=O)Cc2c(Cl)cccc2Cl)CCCCC1OC. The Bertz CT molecular complexity index is 614. The van der Waals surface area contributed by atoms with Crippen molar-refractivity contribution in [2.24, 2.45) is 0 Å². The summed E-state index contributed by atoms with van der Waals surface area (Å²) in [6.07, 6.45) is 1.97. The van der Waals surface area contributed by atoms with Gasteiger partial charge in [0, 0.05) is 29.1 Å². The molecule has 0 N–H and O–H groups in total. The number of carbonyl (C=O) groups excluding carboxylic acids is 2. The Balaban J connectivity index is 2.24. The van der Waals surface area contributed by atoms with Crippen LogP contribution < -0.4 is 0 Å². The fourth-order valence-electron chi connectivity index (χ4n) is 3.15. The van der Waals surface area contributed by atoms with Crippen LogP contribution in [0.4, 0.5) is 0 Å². The zero-order valence-corrected chi connectivity index (χ0v) is 15.9. The van der Waals surface area contributed by atoms with Crippen molar-refractivity contribution in [2.45, 2.75) is 50.7 Å². The van der Waals surface area contributed by atoms with Gasteiger partial charge in [-0.05, 0) is 31.9 Å². The van der Waals surface area contributed by atoms with Gasteiger partial charge in [0.25, 0.3) is 0 Å². The molecule has 0 amide bonds. The highest BCUT2D eigenvalue weighted by atomic mass is 35.5. The van der Waals surface area contributed by atoms with E-state index in [0.29, 0.717) is 28.5 Å². The van der Waals surface area contributed by atoms with Crippen LogP contribution in [0.3, 0.4) is 0 Å². The van der Waals surface area contributed by atoms with E-state index in [4.69, 9.17) is 37.4 Å². The van der Waals surface area contributed by atoms with Gasteiger partial charge in [-0.2, -0.15) is 0 Å². The molecule has 1 aliphatic rings. The fraction of sp³-hybridized carbons (Fsp3) is 0.556. The molecule has 138 valence electrons. The molecule has 2 rings (SSSR count). The van der Waals surface area contributed by atoms with Crippen molar-refractivity contribution in [3.05, 3.63) is 33.8 Å². The van der Waals surface area contributed by atoms with Crippen LogP contribution in [-0.4, -0.2) is 37.4 Å². The molecule has 0 saturated heterocycles. The van der Waals surface area contributed by atoms with E-state index >= 15 is 0 Å². The lowest BCUT2D eigenvalue weighted by atomic mass is 9.81. The highest BCUT2D eigenvalue weighted by Gasteiger charge is 2.52. The predicted octanol–water partition coefficient (Wildman–Crippen LogP) is 3.97. The maximum atomic E-state index is 12.6. The Morgan fingerprint density at radius 3 is 2.52 bits per heavy atom. The third-order valence-corrected chi connectivity index (χ3v) is 5.08. The minimum Gasteiger partial charge on any atom is -0.463 e. The van der Waals surface area contributed by atoms with E-state index in [-0.39, 0.29) is 13.0 Å². The number of halogens is 2. The summed E-state index contributed by atoms with van der Waals surface area (Å²) in [6, 6.07) is 4.99. The molecule has 0 bridgehead atoms. The quantitative estimate of drug-likeness (QED) is 0.689. The normalized spacial score (nSPS) is 23.1. The molecule has 1 fully saturated rings. The lowest BCUT2D eigenvalue weighted by Crippen LogP contribution is -2.56. The van der Waals surface area contributed by atoms with Gasteiger partial charge >= 0.3 is 11.9 Å². The van der Waals surface area contributed by atoms with Gasteiger partial charge < -0.3 is 14.2 Å². The number of carbonyl (C=O) groups is 2. The Kier molecular flexibility index (Phi) is 7.11. The first kappa shape index (κ1) is 20.0. The standard InChI is InChI=1S/C18H22Cl2O5/c1-3-24-17(22)18(10-5-4-9-15(18)23-2)25-16(21)11-12-13(19)7-6-8-14(12)20/h6-8,15H,3-5,9-11H2,1-2H3. The van der Waals surface area contributed by atoms with Crippen LogP contribution in [0.25, 0.3) is 0 Å². The zero-order chi connectivity index (χ0) is 18.4. The number of benzene rings is 1. The number of esters is 2. The van der Waals surface area contributed by atoms with Gasteiger partial charge in [-0.25, -0.2) is 4.79 Å². The van der Waals surface area contributed by atoms with Crippen molar-refractivity contribution in [1.82, 2.24) is 0 Å². The minimum atomic E-state index is -1.42. The summed E-state index contributed by atoms with van der Waals surface area (Å²) in [6.45, 7) is 1.91. The number of ether oxygens (including phenoxy) is 3. The first-order valence-corrected chi connectivity index (χ1v) is 9.05. The van der Waals surface area contributed by atoms with E-state index in [2.05, 4.69) is 0 Å². The van der Waals surface area contributed by atoms with Gasteiger partial charge in [0.05, 0.1) is 13.0 Å². The number of hydrogen-bond acceptors (Lipinski definition) is 5. The molecule has 0 spiro atoms. The third kappa shape index (κ3) is 4.46. The van der Waals surface area contributed by atoms with E-state index in [1.165, 1.54) is 7.11 Å². The highest BCUT2D eigenvalue weighted by molar-refractivity contribution is 6.36. The van der Waals surface area contributed by atoms with Crippen LogP contribution in [0.1, 0.15) is 38.2 Å². The summed E-state index contributed by atoms with van der Waals surface area (Å²) in [5, 5.41) is 0.753. The minimum absolute atomic E-state index is 0.129. The van der Waals surface area contributed by atoms with Crippen molar-refractivity contribution < 1.29 is 23.8 Å². The molecule has 1 aliphatic carbocycles. The van der Waals surface area contributed by atoms with E-state index in [1.54, 1.807) is 25.1 Å². The van der Waals surface area contributed by atoms with Gasteiger partial charge in [-0.3, -0.25) is 4.79 Å². The van der Waals surface area contributed by atoms with Gasteiger partial charge in [-0.1, -0.05) is 35.7 Å². The second-order valence-electron chi connectivity index (χ2n) is 5.93. The average molecular weight is 389 g/mol. The lowest BCUT2D eigenvalue weighted by Gasteiger charge is -2.40. The maximum Gasteiger partial charge on any atom is 0.353 e. The molecule has 1 saturated carbocycles. The number of methoxy groups -OCH3 is 1. The Hall–Kier alpha value is -1.30. The molecule has 1 aromatic carbocycles. The molecule has 2 unspecified atom stereocenters. The van der Waals surface area contributed by atoms with E-state index < -0.39 is 23.6 Å². The largest absolute Gasteiger partial charge is 0.463 e. The van der Waals surface area contributed by atoms with Crippen molar-refractivity contribution in [3.8, 4) is 0 Å². The van der Waals surface area contributed by atoms with E-state index in [9.17, 15) is 9.59 Å². The van der Waals surface area contributed by atoms with Crippen molar-refractivity contribution in [3.63, 3.8) is 0 Å². The topological polar surface area (TPSA) is 61.8 Å². The molecular formula is C18H22Cl2O5. The van der Waals surface area contributed by atoms with Crippen LogP contribution in [0, 0.1) is 0 Å². The fourth-order valence-corrected chi connectivity index (χ4v) is 3.68. The highest BCUT2D eigenvalue weighted by Crippen LogP contribution is 2.36. The summed E-state index contributed by atoms with van der Waals surface area (Å²) >= 11 is 12.2. The maximum absolute atomic E-state index is 12.6. The zero-order valence-electron chi connectivity index (χ0n) is 14.3. The second kappa shape index (κ2) is 8.88. The number of rotatable bonds is 6. The van der Waals surface area contributed by atoms with Crippen molar-refractivity contribution >= 4 is 35.1 Å². The van der Waals surface area contributed by atoms with Crippen LogP contribution >= 0.6 is 23.2 Å². The number of hydrogen-bond donors (Lipinski definition) is 0.